The van der Waals surface area contributed by atoms with Crippen molar-refractivity contribution in [2.45, 2.75) is 70.3 Å². The monoisotopic (exact) mass is 369 g/mol. The molecular weight excluding hydrogens is 334 g/mol. The fraction of sp³-hybridized carbons (Fsp3) is 0.739. The van der Waals surface area contributed by atoms with E-state index in [0.717, 1.165) is 45.1 Å². The lowest BCUT2D eigenvalue weighted by Gasteiger charge is -2.29. The van der Waals surface area contributed by atoms with Crippen LogP contribution in [0.4, 0.5) is 0 Å². The predicted octanol–water partition coefficient (Wildman–Crippen LogP) is 3.91. The number of carbonyl (C=O) groups excluding carboxylic acids is 1. The van der Waals surface area contributed by atoms with Crippen molar-refractivity contribution >= 4 is 5.91 Å². The first-order chi connectivity index (χ1) is 13.3. The molecule has 0 bridgehead atoms. The topological polar surface area (TPSA) is 36.4 Å². The molecule has 0 radical (unpaired) electrons. The molecule has 0 unspecified atom stereocenters. The lowest BCUT2D eigenvalue weighted by molar-refractivity contribution is -0.132. The van der Waals surface area contributed by atoms with Gasteiger partial charge in [-0.25, -0.2) is 0 Å². The van der Waals surface area contributed by atoms with Crippen LogP contribution in [-0.4, -0.2) is 52.9 Å². The van der Waals surface area contributed by atoms with E-state index in [0.29, 0.717) is 17.7 Å². The molecule has 1 aliphatic heterocycles. The van der Waals surface area contributed by atoms with E-state index in [2.05, 4.69) is 26.9 Å². The van der Waals surface area contributed by atoms with Gasteiger partial charge >= 0.3 is 0 Å². The minimum Gasteiger partial charge on any atom is -0.341 e. The van der Waals surface area contributed by atoms with E-state index in [-0.39, 0.29) is 0 Å². The Hall–Kier alpha value is -1.42. The molecule has 0 N–H and O–H groups in total. The SMILES string of the molecule is O=C(CC1CCCC1)N1CCN(C2CCCC2)C[C@H](Cc2ccccn2)C1. The van der Waals surface area contributed by atoms with Gasteiger partial charge in [-0.2, -0.15) is 0 Å². The standard InChI is InChI=1S/C23H35N3O/c27-23(16-19-7-1-2-8-19)26-14-13-25(22-10-3-4-11-22)17-20(18-26)15-21-9-5-6-12-24-21/h5-6,9,12,19-20,22H,1-4,7-8,10-11,13-18H2/t20-/m0/s1. The van der Waals surface area contributed by atoms with Gasteiger partial charge in [-0.15, -0.1) is 0 Å². The average molecular weight is 370 g/mol. The number of aromatic nitrogens is 1. The highest BCUT2D eigenvalue weighted by atomic mass is 16.2. The van der Waals surface area contributed by atoms with Crippen LogP contribution in [0, 0.1) is 11.8 Å². The van der Waals surface area contributed by atoms with Gasteiger partial charge in [0.15, 0.2) is 0 Å². The summed E-state index contributed by atoms with van der Waals surface area (Å²) in [5.41, 5.74) is 1.17. The van der Waals surface area contributed by atoms with Gasteiger partial charge in [-0.05, 0) is 56.1 Å². The Morgan fingerprint density at radius 2 is 1.74 bits per heavy atom. The molecule has 1 aromatic heterocycles. The van der Waals surface area contributed by atoms with Crippen molar-refractivity contribution in [2.75, 3.05) is 26.2 Å². The zero-order chi connectivity index (χ0) is 18.5. The molecule has 1 amide bonds. The van der Waals surface area contributed by atoms with Crippen LogP contribution in [0.25, 0.3) is 0 Å². The van der Waals surface area contributed by atoms with Crippen molar-refractivity contribution in [1.82, 2.24) is 14.8 Å². The quantitative estimate of drug-likeness (QED) is 0.790. The van der Waals surface area contributed by atoms with Crippen LogP contribution < -0.4 is 0 Å². The molecule has 3 aliphatic rings. The molecule has 4 rings (SSSR count). The number of hydrogen-bond donors (Lipinski definition) is 0. The van der Waals surface area contributed by atoms with Gasteiger partial charge in [0.25, 0.3) is 0 Å². The first-order valence-electron chi connectivity index (χ1n) is 11.2. The molecule has 4 heteroatoms. The van der Waals surface area contributed by atoms with Crippen LogP contribution in [0.3, 0.4) is 0 Å². The summed E-state index contributed by atoms with van der Waals surface area (Å²) in [5.74, 6) is 1.54. The molecule has 0 spiro atoms. The van der Waals surface area contributed by atoms with E-state index in [1.807, 2.05) is 12.3 Å². The Morgan fingerprint density at radius 1 is 0.963 bits per heavy atom. The maximum Gasteiger partial charge on any atom is 0.222 e. The highest BCUT2D eigenvalue weighted by Crippen LogP contribution is 2.29. The summed E-state index contributed by atoms with van der Waals surface area (Å²) in [6.45, 7) is 4.00. The summed E-state index contributed by atoms with van der Waals surface area (Å²) < 4.78 is 0. The van der Waals surface area contributed by atoms with E-state index in [9.17, 15) is 4.79 Å². The summed E-state index contributed by atoms with van der Waals surface area (Å²) in [4.78, 5) is 22.5. The molecule has 1 aromatic rings. The fourth-order valence-corrected chi connectivity index (χ4v) is 5.49. The number of amides is 1. The molecular formula is C23H35N3O. The largest absolute Gasteiger partial charge is 0.341 e. The van der Waals surface area contributed by atoms with Crippen LogP contribution in [0.1, 0.15) is 63.5 Å². The Morgan fingerprint density at radius 3 is 2.48 bits per heavy atom. The van der Waals surface area contributed by atoms with E-state index in [4.69, 9.17) is 0 Å². The summed E-state index contributed by atoms with van der Waals surface area (Å²) in [5, 5.41) is 0. The van der Waals surface area contributed by atoms with Crippen molar-refractivity contribution in [3.05, 3.63) is 30.1 Å². The van der Waals surface area contributed by atoms with E-state index in [1.165, 1.54) is 57.1 Å². The highest BCUT2D eigenvalue weighted by molar-refractivity contribution is 5.76. The normalized spacial score (nSPS) is 25.8. The third-order valence-corrected chi connectivity index (χ3v) is 6.98. The van der Waals surface area contributed by atoms with Gasteiger partial charge in [0, 0.05) is 50.5 Å². The van der Waals surface area contributed by atoms with Crippen LogP contribution in [0.15, 0.2) is 24.4 Å². The second-order valence-electron chi connectivity index (χ2n) is 9.02. The minimum absolute atomic E-state index is 0.404. The minimum atomic E-state index is 0.404. The van der Waals surface area contributed by atoms with Crippen molar-refractivity contribution in [3.63, 3.8) is 0 Å². The second-order valence-corrected chi connectivity index (χ2v) is 9.02. The van der Waals surface area contributed by atoms with Crippen LogP contribution >= 0.6 is 0 Å². The zero-order valence-electron chi connectivity index (χ0n) is 16.7. The van der Waals surface area contributed by atoms with E-state index >= 15 is 0 Å². The lowest BCUT2D eigenvalue weighted by atomic mass is 9.99. The highest BCUT2D eigenvalue weighted by Gasteiger charge is 2.31. The predicted molar refractivity (Wildman–Crippen MR) is 108 cm³/mol. The number of carbonyl (C=O) groups is 1. The van der Waals surface area contributed by atoms with Crippen molar-refractivity contribution in [2.24, 2.45) is 11.8 Å². The maximum absolute atomic E-state index is 13.0. The van der Waals surface area contributed by atoms with Crippen LogP contribution in [0.2, 0.25) is 0 Å². The molecule has 27 heavy (non-hydrogen) atoms. The van der Waals surface area contributed by atoms with Crippen LogP contribution in [0.5, 0.6) is 0 Å². The maximum atomic E-state index is 13.0. The van der Waals surface area contributed by atoms with Crippen molar-refractivity contribution in [1.29, 1.82) is 0 Å². The smallest absolute Gasteiger partial charge is 0.222 e. The first kappa shape index (κ1) is 18.9. The molecule has 2 heterocycles. The van der Waals surface area contributed by atoms with Crippen molar-refractivity contribution < 1.29 is 4.79 Å². The first-order valence-corrected chi connectivity index (χ1v) is 11.2. The molecule has 148 valence electrons. The molecule has 4 nitrogen and oxygen atoms in total. The zero-order valence-corrected chi connectivity index (χ0v) is 16.7. The Labute approximate surface area is 164 Å². The molecule has 3 fully saturated rings. The summed E-state index contributed by atoms with van der Waals surface area (Å²) >= 11 is 0. The number of pyridine rings is 1. The van der Waals surface area contributed by atoms with Crippen LogP contribution in [-0.2, 0) is 11.2 Å². The number of nitrogens with zero attached hydrogens (tertiary/aromatic N) is 3. The van der Waals surface area contributed by atoms with E-state index in [1.54, 1.807) is 0 Å². The summed E-state index contributed by atoms with van der Waals surface area (Å²) in [7, 11) is 0. The number of rotatable bonds is 5. The van der Waals surface area contributed by atoms with Gasteiger partial charge < -0.3 is 4.90 Å². The van der Waals surface area contributed by atoms with E-state index < -0.39 is 0 Å². The Kier molecular flexibility index (Phi) is 6.43. The molecule has 1 saturated heterocycles. The summed E-state index contributed by atoms with van der Waals surface area (Å²) in [6, 6.07) is 6.94. The Balaban J connectivity index is 1.43. The average Bonchev–Trinajstić information content (AvgIpc) is 3.35. The molecule has 1 atom stereocenters. The van der Waals surface area contributed by atoms with Gasteiger partial charge in [0.2, 0.25) is 5.91 Å². The van der Waals surface area contributed by atoms with Gasteiger partial charge in [-0.1, -0.05) is 31.7 Å². The third-order valence-electron chi connectivity index (χ3n) is 6.98. The second kappa shape index (κ2) is 9.18. The molecule has 2 aliphatic carbocycles. The third kappa shape index (κ3) is 5.10. The van der Waals surface area contributed by atoms with Gasteiger partial charge in [0.05, 0.1) is 0 Å². The summed E-state index contributed by atoms with van der Waals surface area (Å²) in [6.07, 6.45) is 14.2. The lowest BCUT2D eigenvalue weighted by Crippen LogP contribution is -2.38. The van der Waals surface area contributed by atoms with Gasteiger partial charge in [0.1, 0.15) is 0 Å². The van der Waals surface area contributed by atoms with Gasteiger partial charge in [-0.3, -0.25) is 14.7 Å². The number of hydrogen-bond acceptors (Lipinski definition) is 3. The fourth-order valence-electron chi connectivity index (χ4n) is 5.49. The van der Waals surface area contributed by atoms with Crippen molar-refractivity contribution in [3.8, 4) is 0 Å². The Bertz CT molecular complexity index is 593. The molecule has 2 saturated carbocycles. The molecule has 0 aromatic carbocycles.